The summed E-state index contributed by atoms with van der Waals surface area (Å²) in [5.41, 5.74) is 0.874. The fraction of sp³-hybridized carbons (Fsp3) is 0.118. The molecule has 0 aromatic heterocycles. The van der Waals surface area contributed by atoms with Gasteiger partial charge in [-0.3, -0.25) is 4.79 Å². The number of ether oxygens (including phenoxy) is 2. The van der Waals surface area contributed by atoms with Crippen LogP contribution in [0.1, 0.15) is 15.9 Å². The number of phenols is 2. The molecule has 114 valence electrons. The summed E-state index contributed by atoms with van der Waals surface area (Å²) in [6.07, 6.45) is 2.80. The van der Waals surface area contributed by atoms with E-state index in [0.717, 1.165) is 0 Å². The molecule has 0 amide bonds. The minimum absolute atomic E-state index is 0.0287. The standard InChI is InChI=1S/C17H16O5/c1-21-13-7-3-11(4-8-13)14(18)9-5-12-6-10-15(19)17(22-2)16(12)20/h3-10,19-20H,1-2H3. The monoisotopic (exact) mass is 300 g/mol. The van der Waals surface area contributed by atoms with Crippen LogP contribution in [0.25, 0.3) is 6.08 Å². The van der Waals surface area contributed by atoms with E-state index >= 15 is 0 Å². The van der Waals surface area contributed by atoms with Crippen LogP contribution in [0, 0.1) is 0 Å². The first-order valence-electron chi connectivity index (χ1n) is 6.52. The highest BCUT2D eigenvalue weighted by atomic mass is 16.5. The molecule has 5 heteroatoms. The molecule has 2 aromatic rings. The fourth-order valence-corrected chi connectivity index (χ4v) is 1.93. The zero-order valence-corrected chi connectivity index (χ0v) is 12.2. The molecular weight excluding hydrogens is 284 g/mol. The Kier molecular flexibility index (Phi) is 4.68. The Bertz CT molecular complexity index is 702. The van der Waals surface area contributed by atoms with Crippen LogP contribution >= 0.6 is 0 Å². The molecule has 5 nitrogen and oxygen atoms in total. The van der Waals surface area contributed by atoms with Gasteiger partial charge >= 0.3 is 0 Å². The molecule has 0 saturated carbocycles. The predicted octanol–water partition coefficient (Wildman–Crippen LogP) is 3.01. The summed E-state index contributed by atoms with van der Waals surface area (Å²) >= 11 is 0. The lowest BCUT2D eigenvalue weighted by atomic mass is 10.1. The van der Waals surface area contributed by atoms with E-state index in [1.54, 1.807) is 31.4 Å². The lowest BCUT2D eigenvalue weighted by molar-refractivity contribution is 0.104. The second kappa shape index (κ2) is 6.67. The summed E-state index contributed by atoms with van der Waals surface area (Å²) < 4.78 is 9.93. The molecule has 2 N–H and O–H groups in total. The maximum absolute atomic E-state index is 12.1. The molecule has 0 aliphatic rings. The zero-order valence-electron chi connectivity index (χ0n) is 12.2. The normalized spacial score (nSPS) is 10.6. The van der Waals surface area contributed by atoms with E-state index < -0.39 is 0 Å². The van der Waals surface area contributed by atoms with E-state index in [-0.39, 0.29) is 23.0 Å². The Labute approximate surface area is 128 Å². The summed E-state index contributed by atoms with van der Waals surface area (Å²) in [6.45, 7) is 0. The van der Waals surface area contributed by atoms with E-state index in [9.17, 15) is 15.0 Å². The Balaban J connectivity index is 2.22. The molecule has 0 unspecified atom stereocenters. The highest BCUT2D eigenvalue weighted by Gasteiger charge is 2.11. The van der Waals surface area contributed by atoms with Crippen molar-refractivity contribution in [3.05, 3.63) is 53.6 Å². The smallest absolute Gasteiger partial charge is 0.203 e. The number of ketones is 1. The zero-order chi connectivity index (χ0) is 16.1. The highest BCUT2D eigenvalue weighted by molar-refractivity contribution is 6.07. The number of benzene rings is 2. The third kappa shape index (κ3) is 3.20. The van der Waals surface area contributed by atoms with Gasteiger partial charge in [-0.2, -0.15) is 0 Å². The van der Waals surface area contributed by atoms with Crippen LogP contribution in [0.3, 0.4) is 0 Å². The number of carbonyl (C=O) groups is 1. The van der Waals surface area contributed by atoms with Gasteiger partial charge < -0.3 is 19.7 Å². The van der Waals surface area contributed by atoms with Crippen molar-refractivity contribution in [3.63, 3.8) is 0 Å². The third-order valence-corrected chi connectivity index (χ3v) is 3.13. The van der Waals surface area contributed by atoms with Gasteiger partial charge in [0.15, 0.2) is 17.3 Å². The molecule has 2 aromatic carbocycles. The first-order valence-corrected chi connectivity index (χ1v) is 6.52. The molecule has 0 heterocycles. The first-order chi connectivity index (χ1) is 10.6. The summed E-state index contributed by atoms with van der Waals surface area (Å²) in [7, 11) is 2.89. The highest BCUT2D eigenvalue weighted by Crippen LogP contribution is 2.38. The van der Waals surface area contributed by atoms with Crippen LogP contribution in [0.2, 0.25) is 0 Å². The molecular formula is C17H16O5. The van der Waals surface area contributed by atoms with Gasteiger partial charge in [0.2, 0.25) is 5.75 Å². The molecule has 22 heavy (non-hydrogen) atoms. The van der Waals surface area contributed by atoms with Gasteiger partial charge in [-0.25, -0.2) is 0 Å². The number of allylic oxidation sites excluding steroid dienone is 1. The van der Waals surface area contributed by atoms with Crippen molar-refractivity contribution in [2.45, 2.75) is 0 Å². The fourth-order valence-electron chi connectivity index (χ4n) is 1.93. The van der Waals surface area contributed by atoms with Crippen LogP contribution in [0.5, 0.6) is 23.0 Å². The van der Waals surface area contributed by atoms with Crippen LogP contribution in [-0.2, 0) is 0 Å². The number of hydrogen-bond acceptors (Lipinski definition) is 5. The number of rotatable bonds is 5. The number of aromatic hydroxyl groups is 2. The molecule has 0 spiro atoms. The second-order valence-corrected chi connectivity index (χ2v) is 4.48. The van der Waals surface area contributed by atoms with Gasteiger partial charge in [-0.15, -0.1) is 0 Å². The SMILES string of the molecule is COc1ccc(C(=O)C=Cc2ccc(O)c(OC)c2O)cc1. The van der Waals surface area contributed by atoms with Crippen LogP contribution in [0.4, 0.5) is 0 Å². The molecule has 2 rings (SSSR count). The Morgan fingerprint density at radius 2 is 1.68 bits per heavy atom. The van der Waals surface area contributed by atoms with Crippen LogP contribution in [-0.4, -0.2) is 30.2 Å². The lowest BCUT2D eigenvalue weighted by Gasteiger charge is -2.07. The topological polar surface area (TPSA) is 76.0 Å². The molecule has 0 aliphatic carbocycles. The number of hydrogen-bond donors (Lipinski definition) is 2. The van der Waals surface area contributed by atoms with Gasteiger partial charge in [0, 0.05) is 11.1 Å². The molecule has 0 aliphatic heterocycles. The Morgan fingerprint density at radius 3 is 2.27 bits per heavy atom. The summed E-state index contributed by atoms with van der Waals surface area (Å²) in [6, 6.07) is 9.58. The number of phenolic OH excluding ortho intramolecular Hbond substituents is 2. The van der Waals surface area contributed by atoms with Crippen molar-refractivity contribution in [1.29, 1.82) is 0 Å². The van der Waals surface area contributed by atoms with Crippen molar-refractivity contribution in [2.24, 2.45) is 0 Å². The minimum atomic E-state index is -0.221. The van der Waals surface area contributed by atoms with Gasteiger partial charge in [-0.1, -0.05) is 0 Å². The molecule has 0 fully saturated rings. The van der Waals surface area contributed by atoms with Crippen LogP contribution < -0.4 is 9.47 Å². The summed E-state index contributed by atoms with van der Waals surface area (Å²) in [4.78, 5) is 12.1. The van der Waals surface area contributed by atoms with Crippen molar-refractivity contribution in [1.82, 2.24) is 0 Å². The summed E-state index contributed by atoms with van der Waals surface area (Å²) in [5, 5.41) is 19.5. The average Bonchev–Trinajstić information content (AvgIpc) is 2.54. The van der Waals surface area contributed by atoms with E-state index in [1.165, 1.54) is 31.4 Å². The maximum atomic E-state index is 12.1. The quantitative estimate of drug-likeness (QED) is 0.655. The number of carbonyl (C=O) groups excluding carboxylic acids is 1. The number of methoxy groups -OCH3 is 2. The Morgan fingerprint density at radius 1 is 1.00 bits per heavy atom. The minimum Gasteiger partial charge on any atom is -0.504 e. The van der Waals surface area contributed by atoms with E-state index in [4.69, 9.17) is 9.47 Å². The predicted molar refractivity (Wildman–Crippen MR) is 82.7 cm³/mol. The van der Waals surface area contributed by atoms with E-state index in [2.05, 4.69) is 0 Å². The molecule has 0 radical (unpaired) electrons. The second-order valence-electron chi connectivity index (χ2n) is 4.48. The third-order valence-electron chi connectivity index (χ3n) is 3.13. The largest absolute Gasteiger partial charge is 0.504 e. The molecule has 0 atom stereocenters. The van der Waals surface area contributed by atoms with Crippen molar-refractivity contribution >= 4 is 11.9 Å². The van der Waals surface area contributed by atoms with Crippen molar-refractivity contribution < 1.29 is 24.5 Å². The van der Waals surface area contributed by atoms with Gasteiger partial charge in [0.25, 0.3) is 0 Å². The molecule has 0 bridgehead atoms. The summed E-state index contributed by atoms with van der Waals surface area (Å²) in [5.74, 6) is 0.0366. The van der Waals surface area contributed by atoms with Gasteiger partial charge in [0.1, 0.15) is 5.75 Å². The van der Waals surface area contributed by atoms with Crippen molar-refractivity contribution in [3.8, 4) is 23.0 Å². The van der Waals surface area contributed by atoms with Crippen LogP contribution in [0.15, 0.2) is 42.5 Å². The maximum Gasteiger partial charge on any atom is 0.203 e. The van der Waals surface area contributed by atoms with E-state index in [1.807, 2.05) is 0 Å². The molecule has 0 saturated heterocycles. The van der Waals surface area contributed by atoms with E-state index in [0.29, 0.717) is 16.9 Å². The average molecular weight is 300 g/mol. The van der Waals surface area contributed by atoms with Gasteiger partial charge in [-0.05, 0) is 48.6 Å². The first kappa shape index (κ1) is 15.4. The Hall–Kier alpha value is -2.95. The van der Waals surface area contributed by atoms with Crippen molar-refractivity contribution in [2.75, 3.05) is 14.2 Å². The lowest BCUT2D eigenvalue weighted by Crippen LogP contribution is -1.94. The van der Waals surface area contributed by atoms with Gasteiger partial charge in [0.05, 0.1) is 14.2 Å².